The molecular weight excluding hydrogens is 132 g/mol. The number of thiazole rings is 1. The largest absolute Gasteiger partial charge is 0.289 e. The molecule has 0 saturated carbocycles. The molecule has 1 rings (SSSR count). The Morgan fingerprint density at radius 1 is 1.86 bits per heavy atom. The maximum atomic E-state index is 6.89. The van der Waals surface area contributed by atoms with Crippen LogP contribution >= 0.6 is 22.9 Å². The van der Waals surface area contributed by atoms with Crippen LogP contribution in [0.2, 0.25) is 4.47 Å². The first-order valence-electron chi connectivity index (χ1n) is 1.62. The Labute approximate surface area is 49.9 Å². The third-order valence-electron chi connectivity index (χ3n) is 0.477. The number of nitrogens with zero attached hydrogens (tertiary/aromatic N) is 1. The van der Waals surface area contributed by atoms with Gasteiger partial charge >= 0.3 is 0 Å². The molecule has 0 unspecified atom stereocenters. The second kappa shape index (κ2) is 1.68. The first kappa shape index (κ1) is 4.87. The highest BCUT2D eigenvalue weighted by molar-refractivity contribution is 7.19. The lowest BCUT2D eigenvalue weighted by Crippen LogP contribution is -1.51. The van der Waals surface area contributed by atoms with Crippen molar-refractivity contribution in [2.24, 2.45) is 0 Å². The van der Waals surface area contributed by atoms with Gasteiger partial charge in [0.25, 0.3) is 0 Å². The summed E-state index contributed by atoms with van der Waals surface area (Å²) in [6.07, 6.45) is 1.42. The minimum absolute atomic E-state index is 0.407. The van der Waals surface area contributed by atoms with Gasteiger partial charge in [0.05, 0.1) is 6.20 Å². The number of aromatic nitrogens is 1. The average molecular weight is 134 g/mol. The van der Waals surface area contributed by atoms with Gasteiger partial charge in [-0.15, -0.1) is 0 Å². The summed E-state index contributed by atoms with van der Waals surface area (Å²) >= 11 is 6.51. The lowest BCUT2D eigenvalue weighted by molar-refractivity contribution is 1.40. The Kier molecular flexibility index (Phi) is 1.17. The number of halogens is 1. The lowest BCUT2D eigenvalue weighted by atomic mass is 10.9. The summed E-state index contributed by atoms with van der Waals surface area (Å²) in [5, 5.41) is 0.407. The Hall–Kier alpha value is -0.280. The Balaban J connectivity index is 3.04. The summed E-state index contributed by atoms with van der Waals surface area (Å²) in [7, 11) is 0. The van der Waals surface area contributed by atoms with Crippen molar-refractivity contribution >= 4 is 27.9 Å². The maximum Gasteiger partial charge on any atom is 0.185 e. The highest BCUT2D eigenvalue weighted by Gasteiger charge is 1.90. The minimum Gasteiger partial charge on any atom is -0.289 e. The van der Waals surface area contributed by atoms with Gasteiger partial charge in [0.1, 0.15) is 5.00 Å². The smallest absolute Gasteiger partial charge is 0.185 e. The average Bonchev–Trinajstić information content (AvgIpc) is 1.87. The van der Waals surface area contributed by atoms with Crippen LogP contribution in [0.1, 0.15) is 0 Å². The molecule has 0 aliphatic rings. The molecule has 1 N–H and O–H groups in total. The third kappa shape index (κ3) is 1.04. The molecule has 0 atom stereocenters. The van der Waals surface area contributed by atoms with Crippen LogP contribution in [0.4, 0.5) is 5.00 Å². The van der Waals surface area contributed by atoms with E-state index in [1.54, 1.807) is 0 Å². The molecule has 1 radical (unpaired) electrons. The summed E-state index contributed by atoms with van der Waals surface area (Å²) in [6, 6.07) is 0. The van der Waals surface area contributed by atoms with Gasteiger partial charge in [-0.3, -0.25) is 5.73 Å². The van der Waals surface area contributed by atoms with E-state index in [2.05, 4.69) is 4.98 Å². The molecule has 0 amide bonds. The fourth-order valence-electron chi connectivity index (χ4n) is 0.253. The van der Waals surface area contributed by atoms with Crippen LogP contribution in [-0.2, 0) is 0 Å². The van der Waals surface area contributed by atoms with Gasteiger partial charge in [0.2, 0.25) is 0 Å². The summed E-state index contributed by atoms with van der Waals surface area (Å²) < 4.78 is 0.435. The molecule has 0 aromatic carbocycles. The highest BCUT2D eigenvalue weighted by Crippen LogP contribution is 2.19. The lowest BCUT2D eigenvalue weighted by Gasteiger charge is -1.65. The summed E-state index contributed by atoms with van der Waals surface area (Å²) in [5.74, 6) is 0. The van der Waals surface area contributed by atoms with Gasteiger partial charge in [-0.1, -0.05) is 22.9 Å². The summed E-state index contributed by atoms with van der Waals surface area (Å²) in [4.78, 5) is 3.61. The summed E-state index contributed by atoms with van der Waals surface area (Å²) in [5.41, 5.74) is 6.89. The second-order valence-corrected chi connectivity index (χ2v) is 2.59. The zero-order valence-corrected chi connectivity index (χ0v) is 4.88. The van der Waals surface area contributed by atoms with Crippen LogP contribution in [-0.4, -0.2) is 4.98 Å². The maximum absolute atomic E-state index is 6.89. The van der Waals surface area contributed by atoms with E-state index < -0.39 is 0 Å². The van der Waals surface area contributed by atoms with E-state index in [1.165, 1.54) is 6.20 Å². The van der Waals surface area contributed by atoms with Crippen molar-refractivity contribution in [3.05, 3.63) is 10.7 Å². The third-order valence-corrected chi connectivity index (χ3v) is 1.41. The molecule has 1 aromatic heterocycles. The van der Waals surface area contributed by atoms with Crippen LogP contribution < -0.4 is 5.73 Å². The molecule has 0 spiro atoms. The molecule has 37 valence electrons. The number of hydrogen-bond acceptors (Lipinski definition) is 2. The molecule has 1 heterocycles. The van der Waals surface area contributed by atoms with Gasteiger partial charge in [-0.2, -0.15) is 0 Å². The zero-order valence-electron chi connectivity index (χ0n) is 3.31. The van der Waals surface area contributed by atoms with Crippen LogP contribution in [0.3, 0.4) is 0 Å². The quantitative estimate of drug-likeness (QED) is 0.531. The minimum atomic E-state index is 0.407. The van der Waals surface area contributed by atoms with Crippen molar-refractivity contribution in [1.29, 1.82) is 0 Å². The Bertz CT molecular complexity index is 145. The van der Waals surface area contributed by atoms with E-state index in [0.717, 1.165) is 11.3 Å². The fourth-order valence-corrected chi connectivity index (χ4v) is 0.943. The second-order valence-electron chi connectivity index (χ2n) is 0.977. The van der Waals surface area contributed by atoms with E-state index >= 15 is 0 Å². The zero-order chi connectivity index (χ0) is 5.28. The van der Waals surface area contributed by atoms with Crippen LogP contribution in [0, 0.1) is 0 Å². The highest BCUT2D eigenvalue weighted by atomic mass is 35.5. The number of hydrogen-bond donors (Lipinski definition) is 0. The molecule has 0 fully saturated rings. The van der Waals surface area contributed by atoms with Crippen LogP contribution in [0.5, 0.6) is 0 Å². The molecule has 4 heteroatoms. The first-order chi connectivity index (χ1) is 3.29. The van der Waals surface area contributed by atoms with Gasteiger partial charge < -0.3 is 0 Å². The number of nitrogens with one attached hydrogen (secondary N) is 1. The molecule has 7 heavy (non-hydrogen) atoms. The van der Waals surface area contributed by atoms with Crippen molar-refractivity contribution < 1.29 is 0 Å². The topological polar surface area (TPSA) is 36.7 Å². The fraction of sp³-hybridized carbons (Fsp3) is 0. The normalized spacial score (nSPS) is 9.29. The molecule has 0 aliphatic carbocycles. The Morgan fingerprint density at radius 2 is 2.57 bits per heavy atom. The first-order valence-corrected chi connectivity index (χ1v) is 2.81. The SMILES string of the molecule is [NH]c1cnc(Cl)s1. The van der Waals surface area contributed by atoms with Crippen LogP contribution in [0.25, 0.3) is 0 Å². The predicted octanol–water partition coefficient (Wildman–Crippen LogP) is 1.71. The van der Waals surface area contributed by atoms with E-state index in [9.17, 15) is 0 Å². The molecule has 0 bridgehead atoms. The molecule has 0 saturated heterocycles. The molecule has 0 aliphatic heterocycles. The molecule has 2 nitrogen and oxygen atoms in total. The van der Waals surface area contributed by atoms with Crippen molar-refractivity contribution in [2.45, 2.75) is 0 Å². The number of rotatable bonds is 0. The van der Waals surface area contributed by atoms with E-state index in [1.807, 2.05) is 0 Å². The Morgan fingerprint density at radius 3 is 2.71 bits per heavy atom. The summed E-state index contributed by atoms with van der Waals surface area (Å²) in [6.45, 7) is 0. The van der Waals surface area contributed by atoms with Crippen molar-refractivity contribution in [1.82, 2.24) is 10.7 Å². The predicted molar refractivity (Wildman–Crippen MR) is 29.9 cm³/mol. The van der Waals surface area contributed by atoms with E-state index in [-0.39, 0.29) is 0 Å². The van der Waals surface area contributed by atoms with Crippen molar-refractivity contribution in [3.8, 4) is 0 Å². The molecular formula is C3H2ClN2S. The monoisotopic (exact) mass is 133 g/mol. The van der Waals surface area contributed by atoms with Gasteiger partial charge in [0.15, 0.2) is 4.47 Å². The van der Waals surface area contributed by atoms with Crippen LogP contribution in [0.15, 0.2) is 6.20 Å². The van der Waals surface area contributed by atoms with Crippen molar-refractivity contribution in [2.75, 3.05) is 0 Å². The molecule has 1 aromatic rings. The van der Waals surface area contributed by atoms with Gasteiger partial charge in [-0.25, -0.2) is 4.98 Å². The standard InChI is InChI=1S/C3H2ClN2S/c4-3-6-1-2(5)7-3/h1,5H. The van der Waals surface area contributed by atoms with E-state index in [0.29, 0.717) is 9.47 Å². The van der Waals surface area contributed by atoms with Gasteiger partial charge in [0, 0.05) is 0 Å². The van der Waals surface area contributed by atoms with Gasteiger partial charge in [-0.05, 0) is 0 Å². The van der Waals surface area contributed by atoms with Crippen molar-refractivity contribution in [3.63, 3.8) is 0 Å². The van der Waals surface area contributed by atoms with E-state index in [4.69, 9.17) is 17.3 Å².